The van der Waals surface area contributed by atoms with Crippen LogP contribution in [0, 0.1) is 0 Å². The highest BCUT2D eigenvalue weighted by atomic mass is 32.2. The molecule has 0 aliphatic rings. The van der Waals surface area contributed by atoms with Gasteiger partial charge in [-0.1, -0.05) is 69.2 Å². The second-order valence-corrected chi connectivity index (χ2v) is 9.06. The molecule has 1 N–H and O–H groups in total. The van der Waals surface area contributed by atoms with Crippen molar-refractivity contribution in [2.45, 2.75) is 64.2 Å². The largest absolute Gasteiger partial charge is 0.755 e. The predicted octanol–water partition coefficient (Wildman–Crippen LogP) is 5.49. The third-order valence-electron chi connectivity index (χ3n) is 5.56. The number of fused-ring (bicyclic) bond motifs is 1. The van der Waals surface area contributed by atoms with Gasteiger partial charge in [0.05, 0.1) is 5.69 Å². The van der Waals surface area contributed by atoms with E-state index >= 15 is 0 Å². The molecule has 0 spiro atoms. The third kappa shape index (κ3) is 8.15. The van der Waals surface area contributed by atoms with Gasteiger partial charge in [0.1, 0.15) is 0 Å². The normalized spacial score (nSPS) is 12.1. The Morgan fingerprint density at radius 2 is 1.32 bits per heavy atom. The van der Waals surface area contributed by atoms with E-state index in [4.69, 9.17) is 5.11 Å². The van der Waals surface area contributed by atoms with E-state index in [-0.39, 0.29) is 6.42 Å². The van der Waals surface area contributed by atoms with E-state index in [0.717, 1.165) is 79.9 Å². The zero-order valence-electron chi connectivity index (χ0n) is 18.7. The van der Waals surface area contributed by atoms with Crippen LogP contribution >= 0.6 is 0 Å². The monoisotopic (exact) mass is 447 g/mol. The van der Waals surface area contributed by atoms with E-state index in [2.05, 4.69) is 0 Å². The third-order valence-corrected chi connectivity index (χ3v) is 6.30. The molecule has 0 bridgehead atoms. The maximum atomic E-state index is 12.0. The minimum Gasteiger partial charge on any atom is -0.755 e. The molecule has 0 aliphatic heterocycles. The van der Waals surface area contributed by atoms with Crippen molar-refractivity contribution in [2.24, 2.45) is 0 Å². The molecule has 0 saturated carbocycles. The van der Waals surface area contributed by atoms with Crippen molar-refractivity contribution in [2.75, 3.05) is 29.8 Å². The maximum Gasteiger partial charge on any atom is 0.303 e. The molecule has 0 amide bonds. The van der Waals surface area contributed by atoms with Gasteiger partial charge in [0.15, 0.2) is 0 Å². The zero-order valence-corrected chi connectivity index (χ0v) is 19.5. The summed E-state index contributed by atoms with van der Waals surface area (Å²) in [5, 5.41) is 10.6. The second kappa shape index (κ2) is 13.3. The molecule has 2 aromatic rings. The average molecular weight is 448 g/mol. The number of aliphatic carboxylic acids is 1. The number of rotatable bonds is 15. The fourth-order valence-electron chi connectivity index (χ4n) is 3.93. The number of benzene rings is 2. The van der Waals surface area contributed by atoms with Crippen molar-refractivity contribution in [1.29, 1.82) is 0 Å². The average Bonchev–Trinajstić information content (AvgIpc) is 2.73. The van der Waals surface area contributed by atoms with Crippen molar-refractivity contribution < 1.29 is 18.7 Å². The summed E-state index contributed by atoms with van der Waals surface area (Å²) in [7, 11) is 3.97. The smallest absolute Gasteiger partial charge is 0.303 e. The molecule has 31 heavy (non-hydrogen) atoms. The first-order valence-corrected chi connectivity index (χ1v) is 12.2. The van der Waals surface area contributed by atoms with E-state index in [1.807, 2.05) is 55.4 Å². The number of nitrogens with zero attached hydrogens (tertiary/aromatic N) is 2. The van der Waals surface area contributed by atoms with Crippen LogP contribution in [0.3, 0.4) is 0 Å². The molecular formula is C24H35N2O4S-. The van der Waals surface area contributed by atoms with Crippen molar-refractivity contribution in [3.63, 3.8) is 0 Å². The van der Waals surface area contributed by atoms with E-state index in [1.54, 1.807) is 0 Å². The lowest BCUT2D eigenvalue weighted by atomic mass is 10.1. The minimum absolute atomic E-state index is 0.269. The lowest BCUT2D eigenvalue weighted by Gasteiger charge is -2.28. The fraction of sp³-hybridized carbons (Fsp3) is 0.542. The Kier molecular flexibility index (Phi) is 10.8. The molecule has 0 saturated heterocycles. The van der Waals surface area contributed by atoms with Gasteiger partial charge in [-0.25, -0.2) is 0 Å². The van der Waals surface area contributed by atoms with Crippen LogP contribution in [0.15, 0.2) is 36.4 Å². The molecule has 0 aliphatic carbocycles. The molecule has 2 rings (SSSR count). The van der Waals surface area contributed by atoms with Crippen LogP contribution in [0.25, 0.3) is 10.8 Å². The van der Waals surface area contributed by atoms with Gasteiger partial charge in [0, 0.05) is 54.8 Å². The van der Waals surface area contributed by atoms with Crippen LogP contribution in [0.5, 0.6) is 0 Å². The number of carboxylic acid groups (broad SMARTS) is 1. The van der Waals surface area contributed by atoms with Gasteiger partial charge >= 0.3 is 5.97 Å². The highest BCUT2D eigenvalue weighted by molar-refractivity contribution is 7.80. The number of anilines is 2. The molecule has 0 radical (unpaired) electrons. The summed E-state index contributed by atoms with van der Waals surface area (Å²) in [6.45, 7) is 0.483. The van der Waals surface area contributed by atoms with Gasteiger partial charge in [-0.15, -0.1) is 0 Å². The SMILES string of the molecule is CN(C)c1cccc2c(N(CCCCCCCCCCCC(=O)O)S(=O)[O-])cccc12. The van der Waals surface area contributed by atoms with E-state index < -0.39 is 17.2 Å². The Balaban J connectivity index is 1.81. The predicted molar refractivity (Wildman–Crippen MR) is 128 cm³/mol. The van der Waals surface area contributed by atoms with Crippen LogP contribution in [-0.2, 0) is 16.1 Å². The van der Waals surface area contributed by atoms with Gasteiger partial charge in [0.2, 0.25) is 0 Å². The van der Waals surface area contributed by atoms with Crippen LogP contribution in [0.1, 0.15) is 64.2 Å². The Hall–Kier alpha value is -2.12. The quantitative estimate of drug-likeness (QED) is 0.288. The van der Waals surface area contributed by atoms with E-state index in [0.29, 0.717) is 6.54 Å². The Morgan fingerprint density at radius 3 is 1.84 bits per heavy atom. The van der Waals surface area contributed by atoms with Gasteiger partial charge in [-0.2, -0.15) is 0 Å². The first-order valence-electron chi connectivity index (χ1n) is 11.2. The summed E-state index contributed by atoms with van der Waals surface area (Å²) in [4.78, 5) is 12.5. The van der Waals surface area contributed by atoms with E-state index in [9.17, 15) is 13.6 Å². The molecule has 0 aromatic heterocycles. The van der Waals surface area contributed by atoms with Crippen molar-refractivity contribution in [1.82, 2.24) is 0 Å². The molecule has 1 atom stereocenters. The first kappa shape index (κ1) is 25.1. The molecule has 172 valence electrons. The van der Waals surface area contributed by atoms with Crippen LogP contribution in [0.4, 0.5) is 11.4 Å². The summed E-state index contributed by atoms with van der Waals surface area (Å²) in [6.07, 6.45) is 9.46. The molecule has 1 unspecified atom stereocenters. The lowest BCUT2D eigenvalue weighted by Crippen LogP contribution is -2.26. The molecule has 0 heterocycles. The summed E-state index contributed by atoms with van der Waals surface area (Å²) in [5.74, 6) is -0.713. The lowest BCUT2D eigenvalue weighted by molar-refractivity contribution is -0.137. The number of hydrogen-bond acceptors (Lipinski definition) is 4. The van der Waals surface area contributed by atoms with Gasteiger partial charge in [0.25, 0.3) is 0 Å². The van der Waals surface area contributed by atoms with Crippen LogP contribution in [0.2, 0.25) is 0 Å². The van der Waals surface area contributed by atoms with Crippen LogP contribution < -0.4 is 9.21 Å². The number of carbonyl (C=O) groups is 1. The highest BCUT2D eigenvalue weighted by Crippen LogP contribution is 2.33. The van der Waals surface area contributed by atoms with Gasteiger partial charge < -0.3 is 18.9 Å². The zero-order chi connectivity index (χ0) is 22.6. The summed E-state index contributed by atoms with van der Waals surface area (Å²) in [6, 6.07) is 11.8. The number of hydrogen-bond donors (Lipinski definition) is 1. The van der Waals surface area contributed by atoms with Gasteiger partial charge in [-0.05, 0) is 25.0 Å². The molecular weight excluding hydrogens is 412 g/mol. The standard InChI is InChI=1S/C24H36N2O4S/c1-25(2)22-16-12-15-21-20(22)14-13-17-23(21)26(31(29)30)19-11-9-7-5-3-4-6-8-10-18-24(27)28/h12-17H,3-11,18-19H2,1-2H3,(H,27,28)(H,29,30)/p-1. The number of carboxylic acids is 1. The van der Waals surface area contributed by atoms with Crippen molar-refractivity contribution >= 4 is 39.4 Å². The molecule has 7 heteroatoms. The second-order valence-electron chi connectivity index (χ2n) is 8.19. The van der Waals surface area contributed by atoms with Crippen molar-refractivity contribution in [3.05, 3.63) is 36.4 Å². The Morgan fingerprint density at radius 1 is 0.839 bits per heavy atom. The summed E-state index contributed by atoms with van der Waals surface area (Å²) < 4.78 is 25.4. The fourth-order valence-corrected chi connectivity index (χ4v) is 4.53. The summed E-state index contributed by atoms with van der Waals surface area (Å²) in [5.41, 5.74) is 1.80. The first-order chi connectivity index (χ1) is 14.9. The van der Waals surface area contributed by atoms with Crippen molar-refractivity contribution in [3.8, 4) is 0 Å². The Labute approximate surface area is 188 Å². The topological polar surface area (TPSA) is 83.9 Å². The van der Waals surface area contributed by atoms with Crippen LogP contribution in [-0.4, -0.2) is 40.5 Å². The van der Waals surface area contributed by atoms with E-state index in [1.165, 1.54) is 4.31 Å². The molecule has 6 nitrogen and oxygen atoms in total. The molecule has 0 fully saturated rings. The Bertz CT molecular complexity index is 857. The highest BCUT2D eigenvalue weighted by Gasteiger charge is 2.13. The maximum absolute atomic E-state index is 12.0. The summed E-state index contributed by atoms with van der Waals surface area (Å²) >= 11 is -2.32. The molecule has 2 aromatic carbocycles. The van der Waals surface area contributed by atoms with Gasteiger partial charge in [-0.3, -0.25) is 9.00 Å². The minimum atomic E-state index is -2.32. The number of unbranched alkanes of at least 4 members (excludes halogenated alkanes) is 8.